The minimum atomic E-state index is -3.82. The van der Waals surface area contributed by atoms with Gasteiger partial charge in [-0.1, -0.05) is 29.8 Å². The van der Waals surface area contributed by atoms with E-state index < -0.39 is 15.9 Å². The maximum absolute atomic E-state index is 12.4. The van der Waals surface area contributed by atoms with E-state index in [1.165, 1.54) is 41.7 Å². The van der Waals surface area contributed by atoms with Gasteiger partial charge in [-0.05, 0) is 36.4 Å². The van der Waals surface area contributed by atoms with E-state index in [1.54, 1.807) is 0 Å². The fourth-order valence-corrected chi connectivity index (χ4v) is 4.28. The van der Waals surface area contributed by atoms with Crippen molar-refractivity contribution in [2.75, 3.05) is 5.32 Å². The fourth-order valence-electron chi connectivity index (χ4n) is 2.33. The first-order chi connectivity index (χ1) is 12.8. The van der Waals surface area contributed by atoms with E-state index in [0.29, 0.717) is 15.6 Å². The van der Waals surface area contributed by atoms with Crippen molar-refractivity contribution in [3.8, 4) is 6.07 Å². The summed E-state index contributed by atoms with van der Waals surface area (Å²) in [5.41, 5.74) is 0.204. The molecule has 9 heteroatoms. The number of thiophene rings is 1. The number of hydrogen-bond acceptors (Lipinski definition) is 5. The van der Waals surface area contributed by atoms with Crippen molar-refractivity contribution in [3.05, 3.63) is 64.0 Å². The third kappa shape index (κ3) is 4.18. The SMILES string of the molecule is N#C/C(=C\c1sc2ccccc2c1Cl)C(=O)Nc1ccc(S(N)(=O)=O)cc1. The second-order valence-electron chi connectivity index (χ2n) is 5.47. The highest BCUT2D eigenvalue weighted by Gasteiger charge is 2.14. The minimum absolute atomic E-state index is 0.0754. The smallest absolute Gasteiger partial charge is 0.266 e. The standard InChI is InChI=1S/C18H12ClN3O3S2/c19-17-14-3-1-2-4-15(14)26-16(17)9-11(10-20)18(23)22-12-5-7-13(8-6-12)27(21,24)25/h1-9H,(H,22,23)(H2,21,24,25)/b11-9+. The van der Waals surface area contributed by atoms with Crippen molar-refractivity contribution >= 4 is 60.7 Å². The highest BCUT2D eigenvalue weighted by atomic mass is 35.5. The van der Waals surface area contributed by atoms with Gasteiger partial charge in [0.1, 0.15) is 11.6 Å². The normalized spacial score (nSPS) is 12.0. The zero-order valence-electron chi connectivity index (χ0n) is 13.6. The zero-order chi connectivity index (χ0) is 19.6. The summed E-state index contributed by atoms with van der Waals surface area (Å²) in [6, 6.07) is 14.7. The molecule has 3 rings (SSSR count). The van der Waals surface area contributed by atoms with Crippen LogP contribution in [-0.2, 0) is 14.8 Å². The lowest BCUT2D eigenvalue weighted by Crippen LogP contribution is -2.14. The van der Waals surface area contributed by atoms with Gasteiger partial charge in [0, 0.05) is 20.7 Å². The molecule has 0 aliphatic carbocycles. The molecule has 0 spiro atoms. The maximum Gasteiger partial charge on any atom is 0.266 e. The lowest BCUT2D eigenvalue weighted by molar-refractivity contribution is -0.112. The molecule has 1 heterocycles. The van der Waals surface area contributed by atoms with Crippen molar-refractivity contribution < 1.29 is 13.2 Å². The highest BCUT2D eigenvalue weighted by Crippen LogP contribution is 2.36. The number of nitrogens with zero attached hydrogens (tertiary/aromatic N) is 1. The molecule has 1 amide bonds. The number of nitrogens with one attached hydrogen (secondary N) is 1. The number of nitriles is 1. The largest absolute Gasteiger partial charge is 0.321 e. The van der Waals surface area contributed by atoms with Crippen molar-refractivity contribution in [1.82, 2.24) is 0 Å². The predicted octanol–water partition coefficient (Wildman–Crippen LogP) is 3.75. The highest BCUT2D eigenvalue weighted by molar-refractivity contribution is 7.89. The van der Waals surface area contributed by atoms with Gasteiger partial charge in [-0.15, -0.1) is 11.3 Å². The molecule has 3 aromatic rings. The second-order valence-corrected chi connectivity index (χ2v) is 8.49. The Bertz CT molecular complexity index is 1210. The van der Waals surface area contributed by atoms with E-state index in [4.69, 9.17) is 16.7 Å². The van der Waals surface area contributed by atoms with Gasteiger partial charge >= 0.3 is 0 Å². The molecule has 0 aliphatic heterocycles. The molecule has 0 aliphatic rings. The van der Waals surface area contributed by atoms with Gasteiger partial charge in [-0.25, -0.2) is 13.6 Å². The topological polar surface area (TPSA) is 113 Å². The number of hydrogen-bond donors (Lipinski definition) is 2. The summed E-state index contributed by atoms with van der Waals surface area (Å²) in [6.07, 6.45) is 1.43. The summed E-state index contributed by atoms with van der Waals surface area (Å²) in [6.45, 7) is 0. The van der Waals surface area contributed by atoms with Crippen LogP contribution >= 0.6 is 22.9 Å². The van der Waals surface area contributed by atoms with Crippen LogP contribution in [0.2, 0.25) is 5.02 Å². The lowest BCUT2D eigenvalue weighted by Gasteiger charge is -2.05. The van der Waals surface area contributed by atoms with Crippen LogP contribution in [0.1, 0.15) is 4.88 Å². The Kier molecular flexibility index (Phi) is 5.30. The first-order valence-corrected chi connectivity index (χ1v) is 10.3. The Morgan fingerprint density at radius 2 is 1.85 bits per heavy atom. The number of anilines is 1. The number of fused-ring (bicyclic) bond motifs is 1. The average Bonchev–Trinajstić information content (AvgIpc) is 2.95. The molecular formula is C18H12ClN3O3S2. The summed E-state index contributed by atoms with van der Waals surface area (Å²) in [7, 11) is -3.82. The summed E-state index contributed by atoms with van der Waals surface area (Å²) in [5, 5.41) is 18.2. The number of halogens is 1. The summed E-state index contributed by atoms with van der Waals surface area (Å²) < 4.78 is 23.5. The number of carbonyl (C=O) groups excluding carboxylic acids is 1. The Morgan fingerprint density at radius 3 is 2.44 bits per heavy atom. The van der Waals surface area contributed by atoms with E-state index in [2.05, 4.69) is 5.32 Å². The van der Waals surface area contributed by atoms with Crippen molar-refractivity contribution in [1.29, 1.82) is 5.26 Å². The molecule has 0 radical (unpaired) electrons. The quantitative estimate of drug-likeness (QED) is 0.497. The third-order valence-corrected chi connectivity index (χ3v) is 6.21. The molecule has 3 N–H and O–H groups in total. The van der Waals surface area contributed by atoms with E-state index in [1.807, 2.05) is 30.3 Å². The van der Waals surface area contributed by atoms with Gasteiger partial charge in [0.15, 0.2) is 0 Å². The summed E-state index contributed by atoms with van der Waals surface area (Å²) >= 11 is 7.72. The van der Waals surface area contributed by atoms with Crippen LogP contribution in [0, 0.1) is 11.3 Å². The van der Waals surface area contributed by atoms with Gasteiger partial charge in [0.25, 0.3) is 5.91 Å². The Labute approximate surface area is 164 Å². The molecule has 0 fully saturated rings. The van der Waals surface area contributed by atoms with Gasteiger partial charge in [-0.3, -0.25) is 4.79 Å². The van der Waals surface area contributed by atoms with E-state index >= 15 is 0 Å². The summed E-state index contributed by atoms with van der Waals surface area (Å²) in [4.78, 5) is 12.9. The molecular weight excluding hydrogens is 406 g/mol. The molecule has 0 atom stereocenters. The Balaban J connectivity index is 1.86. The number of rotatable bonds is 4. The number of carbonyl (C=O) groups is 1. The molecule has 2 aromatic carbocycles. The number of amides is 1. The lowest BCUT2D eigenvalue weighted by atomic mass is 10.2. The molecule has 27 heavy (non-hydrogen) atoms. The molecule has 0 unspecified atom stereocenters. The fraction of sp³-hybridized carbons (Fsp3) is 0. The Hall–Kier alpha value is -2.70. The molecule has 6 nitrogen and oxygen atoms in total. The number of benzene rings is 2. The molecule has 0 saturated heterocycles. The summed E-state index contributed by atoms with van der Waals surface area (Å²) in [5.74, 6) is -0.630. The van der Waals surface area contributed by atoms with Crippen LogP contribution in [-0.4, -0.2) is 14.3 Å². The molecule has 0 bridgehead atoms. The predicted molar refractivity (Wildman–Crippen MR) is 107 cm³/mol. The van der Waals surface area contributed by atoms with Crippen molar-refractivity contribution in [3.63, 3.8) is 0 Å². The van der Waals surface area contributed by atoms with Crippen molar-refractivity contribution in [2.24, 2.45) is 5.14 Å². The zero-order valence-corrected chi connectivity index (χ0v) is 16.0. The minimum Gasteiger partial charge on any atom is -0.321 e. The molecule has 1 aromatic heterocycles. The third-order valence-electron chi connectivity index (χ3n) is 3.64. The first-order valence-electron chi connectivity index (χ1n) is 7.52. The van der Waals surface area contributed by atoms with Crippen LogP contribution in [0.15, 0.2) is 59.0 Å². The Morgan fingerprint density at radius 1 is 1.19 bits per heavy atom. The monoisotopic (exact) mass is 417 g/mol. The van der Waals surface area contributed by atoms with Crippen LogP contribution < -0.4 is 10.5 Å². The van der Waals surface area contributed by atoms with Gasteiger partial charge < -0.3 is 5.32 Å². The number of sulfonamides is 1. The number of primary sulfonamides is 1. The van der Waals surface area contributed by atoms with E-state index in [-0.39, 0.29) is 10.5 Å². The second kappa shape index (κ2) is 7.50. The first kappa shape index (κ1) is 19.1. The van der Waals surface area contributed by atoms with E-state index in [9.17, 15) is 18.5 Å². The van der Waals surface area contributed by atoms with Crippen LogP contribution in [0.25, 0.3) is 16.2 Å². The van der Waals surface area contributed by atoms with Crippen LogP contribution in [0.5, 0.6) is 0 Å². The number of nitrogens with two attached hydrogens (primary N) is 1. The maximum atomic E-state index is 12.4. The van der Waals surface area contributed by atoms with Crippen LogP contribution in [0.3, 0.4) is 0 Å². The van der Waals surface area contributed by atoms with Crippen molar-refractivity contribution in [2.45, 2.75) is 4.90 Å². The van der Waals surface area contributed by atoms with Gasteiger partial charge in [0.05, 0.1) is 9.92 Å². The van der Waals surface area contributed by atoms with Gasteiger partial charge in [0.2, 0.25) is 10.0 Å². The van der Waals surface area contributed by atoms with Gasteiger partial charge in [-0.2, -0.15) is 5.26 Å². The van der Waals surface area contributed by atoms with Crippen LogP contribution in [0.4, 0.5) is 5.69 Å². The average molecular weight is 418 g/mol. The molecule has 0 saturated carbocycles. The molecule has 136 valence electrons. The van der Waals surface area contributed by atoms with E-state index in [0.717, 1.165) is 10.1 Å².